The molecule has 1 amide bonds. The van der Waals surface area contributed by atoms with Gasteiger partial charge in [-0.25, -0.2) is 0 Å². The number of nitrogens with one attached hydrogen (secondary N) is 3. The van der Waals surface area contributed by atoms with E-state index in [0.717, 1.165) is 10.2 Å². The standard InChI is InChI=1S/C24H29N5O4/c1-6-17(15-10-8-7-9-11-15)25-20-19(22(31)27-29(5)24(20)33)26-18-14(2)12-13-16(21(18)30)23(32)28(3)4/h7-13,17,25-26,30H,6H2,1-5H3,(H,27,31)/t17-/m1/s1. The first-order chi connectivity index (χ1) is 15.6. The van der Waals surface area contributed by atoms with Gasteiger partial charge in [0.25, 0.3) is 17.0 Å². The fourth-order valence-corrected chi connectivity index (χ4v) is 3.57. The number of carbonyl (C=O) groups is 1. The lowest BCUT2D eigenvalue weighted by atomic mass is 10.0. The van der Waals surface area contributed by atoms with Gasteiger partial charge in [0.05, 0.1) is 17.3 Å². The van der Waals surface area contributed by atoms with Crippen LogP contribution >= 0.6 is 0 Å². The maximum absolute atomic E-state index is 13.0. The average molecular weight is 452 g/mol. The third-order valence-electron chi connectivity index (χ3n) is 5.47. The molecule has 0 unspecified atom stereocenters. The fourth-order valence-electron chi connectivity index (χ4n) is 3.57. The van der Waals surface area contributed by atoms with Gasteiger partial charge in [-0.2, -0.15) is 0 Å². The predicted molar refractivity (Wildman–Crippen MR) is 130 cm³/mol. The Kier molecular flexibility index (Phi) is 6.91. The Balaban J connectivity index is 2.13. The van der Waals surface area contributed by atoms with E-state index in [9.17, 15) is 19.5 Å². The third kappa shape index (κ3) is 4.77. The van der Waals surface area contributed by atoms with E-state index in [-0.39, 0.29) is 40.3 Å². The lowest BCUT2D eigenvalue weighted by Crippen LogP contribution is -2.32. The second kappa shape index (κ2) is 9.64. The van der Waals surface area contributed by atoms with Gasteiger partial charge in [0.15, 0.2) is 5.75 Å². The van der Waals surface area contributed by atoms with E-state index in [4.69, 9.17) is 0 Å². The van der Waals surface area contributed by atoms with Crippen molar-refractivity contribution < 1.29 is 9.90 Å². The number of aryl methyl sites for hydroxylation is 2. The number of H-pyrrole nitrogens is 1. The zero-order valence-electron chi connectivity index (χ0n) is 19.4. The normalized spacial score (nSPS) is 11.7. The highest BCUT2D eigenvalue weighted by molar-refractivity contribution is 5.99. The number of benzene rings is 2. The van der Waals surface area contributed by atoms with Gasteiger partial charge >= 0.3 is 0 Å². The first-order valence-electron chi connectivity index (χ1n) is 10.6. The van der Waals surface area contributed by atoms with E-state index >= 15 is 0 Å². The lowest BCUT2D eigenvalue weighted by Gasteiger charge is -2.22. The summed E-state index contributed by atoms with van der Waals surface area (Å²) in [6.45, 7) is 3.70. The number of hydrogen-bond acceptors (Lipinski definition) is 6. The van der Waals surface area contributed by atoms with Gasteiger partial charge in [-0.05, 0) is 30.5 Å². The molecule has 9 nitrogen and oxygen atoms in total. The molecule has 2 aromatic carbocycles. The minimum Gasteiger partial charge on any atom is -0.505 e. The summed E-state index contributed by atoms with van der Waals surface area (Å²) in [7, 11) is 4.62. The number of phenols is 1. The maximum atomic E-state index is 13.0. The van der Waals surface area contributed by atoms with E-state index < -0.39 is 11.1 Å². The number of aromatic nitrogens is 2. The van der Waals surface area contributed by atoms with Crippen molar-refractivity contribution in [2.75, 3.05) is 24.7 Å². The van der Waals surface area contributed by atoms with Crippen LogP contribution in [0.15, 0.2) is 52.1 Å². The molecule has 33 heavy (non-hydrogen) atoms. The second-order valence-corrected chi connectivity index (χ2v) is 8.05. The number of rotatable bonds is 7. The Morgan fingerprint density at radius 2 is 1.76 bits per heavy atom. The molecule has 0 fully saturated rings. The molecular weight excluding hydrogens is 422 g/mol. The van der Waals surface area contributed by atoms with Crippen molar-refractivity contribution >= 4 is 23.0 Å². The van der Waals surface area contributed by atoms with Gasteiger partial charge in [0.1, 0.15) is 11.4 Å². The maximum Gasteiger partial charge on any atom is 0.290 e. The molecule has 3 rings (SSSR count). The van der Waals surface area contributed by atoms with Crippen molar-refractivity contribution in [3.05, 3.63) is 79.9 Å². The zero-order chi connectivity index (χ0) is 24.3. The summed E-state index contributed by atoms with van der Waals surface area (Å²) in [4.78, 5) is 39.7. The van der Waals surface area contributed by atoms with Crippen LogP contribution in [0, 0.1) is 6.92 Å². The molecule has 0 bridgehead atoms. The predicted octanol–water partition coefficient (Wildman–Crippen LogP) is 3.10. The number of nitrogens with zero attached hydrogens (tertiary/aromatic N) is 2. The highest BCUT2D eigenvalue weighted by Gasteiger charge is 2.22. The number of aromatic hydroxyl groups is 1. The molecule has 0 aliphatic carbocycles. The molecule has 174 valence electrons. The Bertz CT molecular complexity index is 1280. The summed E-state index contributed by atoms with van der Waals surface area (Å²) in [6.07, 6.45) is 0.663. The first kappa shape index (κ1) is 23.6. The van der Waals surface area contributed by atoms with Crippen LogP contribution in [0.3, 0.4) is 0 Å². The molecule has 0 aliphatic heterocycles. The van der Waals surface area contributed by atoms with Gasteiger partial charge in [-0.3, -0.25) is 24.2 Å². The van der Waals surface area contributed by atoms with Crippen molar-refractivity contribution in [1.82, 2.24) is 14.7 Å². The zero-order valence-corrected chi connectivity index (χ0v) is 19.4. The van der Waals surface area contributed by atoms with Crippen LogP contribution in [0.2, 0.25) is 0 Å². The van der Waals surface area contributed by atoms with E-state index in [1.807, 2.05) is 37.3 Å². The molecule has 3 aromatic rings. The summed E-state index contributed by atoms with van der Waals surface area (Å²) in [5.74, 6) is -0.684. The van der Waals surface area contributed by atoms with Crippen LogP contribution in [-0.2, 0) is 7.05 Å². The molecule has 1 aromatic heterocycles. The van der Waals surface area contributed by atoms with Gasteiger partial charge < -0.3 is 20.6 Å². The van der Waals surface area contributed by atoms with Crippen molar-refractivity contribution in [1.29, 1.82) is 0 Å². The second-order valence-electron chi connectivity index (χ2n) is 8.05. The molecule has 0 saturated carbocycles. The number of amides is 1. The van der Waals surface area contributed by atoms with E-state index in [2.05, 4.69) is 15.7 Å². The Labute approximate surface area is 191 Å². The largest absolute Gasteiger partial charge is 0.505 e. The van der Waals surface area contributed by atoms with E-state index in [1.165, 1.54) is 18.0 Å². The molecular formula is C24H29N5O4. The Morgan fingerprint density at radius 3 is 2.36 bits per heavy atom. The van der Waals surface area contributed by atoms with Crippen LogP contribution < -0.4 is 21.8 Å². The van der Waals surface area contributed by atoms with Crippen molar-refractivity contribution in [2.45, 2.75) is 26.3 Å². The minimum atomic E-state index is -0.550. The fraction of sp³-hybridized carbons (Fsp3) is 0.292. The van der Waals surface area contributed by atoms with Crippen LogP contribution in [0.25, 0.3) is 0 Å². The van der Waals surface area contributed by atoms with Gasteiger partial charge in [0, 0.05) is 21.1 Å². The van der Waals surface area contributed by atoms with Crippen molar-refractivity contribution in [2.24, 2.45) is 7.05 Å². The van der Waals surface area contributed by atoms with Gasteiger partial charge in [-0.1, -0.05) is 43.3 Å². The summed E-state index contributed by atoms with van der Waals surface area (Å²) in [5.41, 5.74) is 0.862. The summed E-state index contributed by atoms with van der Waals surface area (Å²) in [5, 5.41) is 19.4. The average Bonchev–Trinajstić information content (AvgIpc) is 2.79. The third-order valence-corrected chi connectivity index (χ3v) is 5.47. The number of anilines is 3. The number of phenolic OH excluding ortho intramolecular Hbond substituents is 1. The number of carbonyl (C=O) groups excluding carboxylic acids is 1. The van der Waals surface area contributed by atoms with Crippen LogP contribution in [0.5, 0.6) is 5.75 Å². The molecule has 1 heterocycles. The van der Waals surface area contributed by atoms with Gasteiger partial charge in [-0.15, -0.1) is 0 Å². The Hall–Kier alpha value is -4.01. The minimum absolute atomic E-state index is 0.0414. The van der Waals surface area contributed by atoms with Crippen LogP contribution in [0.4, 0.5) is 17.1 Å². The topological polar surface area (TPSA) is 119 Å². The number of aromatic amines is 1. The molecule has 9 heteroatoms. The summed E-state index contributed by atoms with van der Waals surface area (Å²) < 4.78 is 1.10. The van der Waals surface area contributed by atoms with Crippen molar-refractivity contribution in [3.8, 4) is 5.75 Å². The Morgan fingerprint density at radius 1 is 1.09 bits per heavy atom. The molecule has 0 saturated heterocycles. The quantitative estimate of drug-likeness (QED) is 0.410. The molecule has 4 N–H and O–H groups in total. The molecule has 0 radical (unpaired) electrons. The van der Waals surface area contributed by atoms with Crippen LogP contribution in [0.1, 0.15) is 40.9 Å². The summed E-state index contributed by atoms with van der Waals surface area (Å²) in [6, 6.07) is 12.6. The smallest absolute Gasteiger partial charge is 0.290 e. The molecule has 0 spiro atoms. The highest BCUT2D eigenvalue weighted by Crippen LogP contribution is 2.35. The SMILES string of the molecule is CC[C@@H](Nc1c(Nc2c(C)ccc(C(=O)N(C)C)c2O)c(=O)[nH]n(C)c1=O)c1ccccc1. The molecule has 1 atom stereocenters. The van der Waals surface area contributed by atoms with Crippen LogP contribution in [-0.4, -0.2) is 39.8 Å². The van der Waals surface area contributed by atoms with E-state index in [0.29, 0.717) is 12.0 Å². The summed E-state index contributed by atoms with van der Waals surface area (Å²) >= 11 is 0. The van der Waals surface area contributed by atoms with Gasteiger partial charge in [0.2, 0.25) is 0 Å². The first-order valence-corrected chi connectivity index (χ1v) is 10.6. The molecule has 0 aliphatic rings. The number of hydrogen-bond donors (Lipinski definition) is 4. The lowest BCUT2D eigenvalue weighted by molar-refractivity contribution is 0.0824. The van der Waals surface area contributed by atoms with Crippen molar-refractivity contribution in [3.63, 3.8) is 0 Å². The van der Waals surface area contributed by atoms with E-state index in [1.54, 1.807) is 27.1 Å². The highest BCUT2D eigenvalue weighted by atomic mass is 16.3. The monoisotopic (exact) mass is 451 g/mol.